The molecule has 8 nitrogen and oxygen atoms in total. The predicted molar refractivity (Wildman–Crippen MR) is 95.1 cm³/mol. The van der Waals surface area contributed by atoms with Crippen molar-refractivity contribution in [2.45, 2.75) is 51.6 Å². The van der Waals surface area contributed by atoms with Gasteiger partial charge in [0.25, 0.3) is 16.0 Å². The number of quaternary nitrogens is 1. The fraction of sp³-hybridized carbons (Fsp3) is 0.875. The lowest BCUT2D eigenvalue weighted by atomic mass is 10.1. The molecular formula is C16H31N2O6S+. The first-order valence-corrected chi connectivity index (χ1v) is 10.5. The molecule has 0 radical (unpaired) electrons. The number of ketones is 1. The molecule has 0 aromatic heterocycles. The van der Waals surface area contributed by atoms with E-state index >= 15 is 0 Å². The van der Waals surface area contributed by atoms with Crippen LogP contribution in [0, 0.1) is 0 Å². The maximum Gasteiger partial charge on any atom is 0.267 e. The minimum absolute atomic E-state index is 0.0268. The molecule has 1 aliphatic rings. The van der Waals surface area contributed by atoms with E-state index < -0.39 is 22.0 Å². The highest BCUT2D eigenvalue weighted by molar-refractivity contribution is 7.85. The lowest BCUT2D eigenvalue weighted by Gasteiger charge is -2.34. The summed E-state index contributed by atoms with van der Waals surface area (Å²) >= 11 is 0. The fourth-order valence-electron chi connectivity index (χ4n) is 3.33. The Labute approximate surface area is 149 Å². The third-order valence-corrected chi connectivity index (χ3v) is 5.29. The number of carbonyl (C=O) groups is 1. The summed E-state index contributed by atoms with van der Waals surface area (Å²) in [7, 11) is -4.31. The van der Waals surface area contributed by atoms with Gasteiger partial charge in [-0.2, -0.15) is 8.42 Å². The maximum absolute atomic E-state index is 12.6. The highest BCUT2D eigenvalue weighted by Crippen LogP contribution is 2.19. The zero-order valence-electron chi connectivity index (χ0n) is 14.9. The molecular weight excluding hydrogens is 348 g/mol. The molecule has 146 valence electrons. The summed E-state index contributed by atoms with van der Waals surface area (Å²) in [6.45, 7) is 2.86. The van der Waals surface area contributed by atoms with Crippen LogP contribution in [-0.4, -0.2) is 83.9 Å². The van der Waals surface area contributed by atoms with Crippen LogP contribution in [0.5, 0.6) is 0 Å². The smallest absolute Gasteiger partial charge is 0.267 e. The number of hydrogen-bond acceptors (Lipinski definition) is 6. The number of nitrogens with zero attached hydrogens (tertiary/aromatic N) is 2. The van der Waals surface area contributed by atoms with E-state index in [1.54, 1.807) is 0 Å². The summed E-state index contributed by atoms with van der Waals surface area (Å²) in [5.74, 6) is -0.600. The summed E-state index contributed by atoms with van der Waals surface area (Å²) in [5, 5.41) is 19.4. The molecule has 1 rings (SSSR count). The highest BCUT2D eigenvalue weighted by Gasteiger charge is 2.43. The third kappa shape index (κ3) is 7.49. The molecule has 2 unspecified atom stereocenters. The number of unbranched alkanes of at least 4 members (excludes halogenated alkanes) is 4. The van der Waals surface area contributed by atoms with Crippen LogP contribution in [0.3, 0.4) is 0 Å². The van der Waals surface area contributed by atoms with Gasteiger partial charge in [-0.1, -0.05) is 32.6 Å². The normalized spacial score (nSPS) is 22.0. The Morgan fingerprint density at radius 1 is 1.28 bits per heavy atom. The van der Waals surface area contributed by atoms with Gasteiger partial charge in [-0.05, 0) is 6.42 Å². The monoisotopic (exact) mass is 379 g/mol. The van der Waals surface area contributed by atoms with Crippen molar-refractivity contribution in [3.05, 3.63) is 0 Å². The molecule has 1 aliphatic heterocycles. The number of rotatable bonds is 13. The third-order valence-electron chi connectivity index (χ3n) is 4.49. The van der Waals surface area contributed by atoms with Gasteiger partial charge in [-0.15, -0.1) is 0 Å². The second-order valence-electron chi connectivity index (χ2n) is 6.69. The van der Waals surface area contributed by atoms with E-state index in [0.717, 1.165) is 32.1 Å². The molecule has 1 heterocycles. The fourth-order valence-corrected chi connectivity index (χ4v) is 3.93. The molecule has 2 atom stereocenters. The SMILES string of the molecule is CCCCCCCC(=O)C1=NCC[N+]1(CCO)CC(O)CS(=O)(=O)O. The van der Waals surface area contributed by atoms with Gasteiger partial charge in [0.05, 0.1) is 13.2 Å². The minimum Gasteiger partial charge on any atom is -0.390 e. The first-order valence-electron chi connectivity index (χ1n) is 8.92. The average molecular weight is 379 g/mol. The Bertz CT molecular complexity index is 563. The zero-order valence-corrected chi connectivity index (χ0v) is 15.7. The Balaban J connectivity index is 2.73. The Kier molecular flexibility index (Phi) is 9.15. The first kappa shape index (κ1) is 22.2. The number of amidine groups is 1. The summed E-state index contributed by atoms with van der Waals surface area (Å²) in [5.41, 5.74) is 0. The second-order valence-corrected chi connectivity index (χ2v) is 8.19. The highest BCUT2D eigenvalue weighted by atomic mass is 32.2. The van der Waals surface area contributed by atoms with E-state index in [0.29, 0.717) is 25.3 Å². The van der Waals surface area contributed by atoms with Crippen LogP contribution >= 0.6 is 0 Å². The summed E-state index contributed by atoms with van der Waals surface area (Å²) < 4.78 is 30.8. The summed E-state index contributed by atoms with van der Waals surface area (Å²) in [4.78, 5) is 16.8. The van der Waals surface area contributed by atoms with Crippen LogP contribution in [0.2, 0.25) is 0 Å². The number of aliphatic imine (C=N–C) groups is 1. The topological polar surface area (TPSA) is 124 Å². The van der Waals surface area contributed by atoms with Crippen molar-refractivity contribution < 1.29 is 32.5 Å². The maximum atomic E-state index is 12.6. The summed E-state index contributed by atoms with van der Waals surface area (Å²) in [6.07, 6.45) is 4.12. The van der Waals surface area contributed by atoms with Crippen molar-refractivity contribution in [2.75, 3.05) is 38.5 Å². The lowest BCUT2D eigenvalue weighted by molar-refractivity contribution is -0.837. The largest absolute Gasteiger partial charge is 0.390 e. The minimum atomic E-state index is -4.31. The Morgan fingerprint density at radius 3 is 2.56 bits per heavy atom. The predicted octanol–water partition coefficient (Wildman–Crippen LogP) is 0.386. The van der Waals surface area contributed by atoms with Crippen molar-refractivity contribution >= 4 is 21.7 Å². The molecule has 0 aromatic rings. The summed E-state index contributed by atoms with van der Waals surface area (Å²) in [6, 6.07) is 0. The molecule has 3 N–H and O–H groups in total. The van der Waals surface area contributed by atoms with Crippen molar-refractivity contribution in [3.63, 3.8) is 0 Å². The van der Waals surface area contributed by atoms with Gasteiger partial charge in [-0.3, -0.25) is 13.8 Å². The first-order chi connectivity index (χ1) is 11.7. The van der Waals surface area contributed by atoms with Gasteiger partial charge < -0.3 is 10.2 Å². The van der Waals surface area contributed by atoms with E-state index in [9.17, 15) is 23.4 Å². The Morgan fingerprint density at radius 2 is 1.96 bits per heavy atom. The number of carbonyl (C=O) groups excluding carboxylic acids is 1. The van der Waals surface area contributed by atoms with Crippen molar-refractivity contribution in [1.29, 1.82) is 0 Å². The average Bonchev–Trinajstić information content (AvgIpc) is 2.88. The van der Waals surface area contributed by atoms with Gasteiger partial charge >= 0.3 is 0 Å². The molecule has 0 spiro atoms. The lowest BCUT2D eigenvalue weighted by Crippen LogP contribution is -2.59. The standard InChI is InChI=1S/C16H30N2O6S/c1-2-3-4-5-6-7-15(21)16-17-8-9-18(16,10-11-19)12-14(20)13-25(22,23)24/h14,19-20H,2-13H2,1H3/p+1. The van der Waals surface area contributed by atoms with Crippen molar-refractivity contribution in [2.24, 2.45) is 4.99 Å². The molecule has 9 heteroatoms. The van der Waals surface area contributed by atoms with Crippen LogP contribution in [0.15, 0.2) is 4.99 Å². The van der Waals surface area contributed by atoms with Gasteiger partial charge in [0.15, 0.2) is 0 Å². The molecule has 25 heavy (non-hydrogen) atoms. The zero-order chi connectivity index (χ0) is 18.9. The quantitative estimate of drug-likeness (QED) is 0.241. The number of Topliss-reactive ketones (excluding diaryl/α,β-unsaturated/α-hetero) is 1. The van der Waals surface area contributed by atoms with Crippen LogP contribution < -0.4 is 0 Å². The van der Waals surface area contributed by atoms with E-state index in [2.05, 4.69) is 11.9 Å². The second kappa shape index (κ2) is 10.3. The molecule has 0 amide bonds. The molecule has 0 saturated heterocycles. The number of hydrogen-bond donors (Lipinski definition) is 3. The van der Waals surface area contributed by atoms with Gasteiger partial charge in [0.1, 0.15) is 31.5 Å². The van der Waals surface area contributed by atoms with E-state index in [1.165, 1.54) is 0 Å². The van der Waals surface area contributed by atoms with E-state index in [4.69, 9.17) is 4.55 Å². The van der Waals surface area contributed by atoms with Gasteiger partial charge in [-0.25, -0.2) is 4.99 Å². The van der Waals surface area contributed by atoms with Gasteiger partial charge in [0.2, 0.25) is 5.78 Å². The van der Waals surface area contributed by atoms with Crippen LogP contribution in [-0.2, 0) is 14.9 Å². The van der Waals surface area contributed by atoms with E-state index in [1.807, 2.05) is 0 Å². The van der Waals surface area contributed by atoms with Gasteiger partial charge in [0, 0.05) is 6.42 Å². The van der Waals surface area contributed by atoms with E-state index in [-0.39, 0.29) is 30.0 Å². The molecule has 0 saturated carbocycles. The Hall–Kier alpha value is -0.870. The van der Waals surface area contributed by atoms with Crippen molar-refractivity contribution in [1.82, 2.24) is 0 Å². The van der Waals surface area contributed by atoms with Crippen LogP contribution in [0.1, 0.15) is 45.4 Å². The molecule has 0 bridgehead atoms. The van der Waals surface area contributed by atoms with Crippen LogP contribution in [0.25, 0.3) is 0 Å². The number of aliphatic hydroxyl groups is 2. The molecule has 0 fully saturated rings. The number of aliphatic hydroxyl groups excluding tert-OH is 2. The van der Waals surface area contributed by atoms with Crippen molar-refractivity contribution in [3.8, 4) is 0 Å². The molecule has 0 aromatic carbocycles. The van der Waals surface area contributed by atoms with Crippen LogP contribution in [0.4, 0.5) is 0 Å². The molecule has 0 aliphatic carbocycles.